The Kier molecular flexibility index (Phi) is 5.56. The smallest absolute Gasteiger partial charge is 0.248 e. The molecule has 0 saturated carbocycles. The average molecular weight is 358 g/mol. The third kappa shape index (κ3) is 4.84. The molecule has 1 aliphatic heterocycles. The number of hydrogen-bond acceptors (Lipinski definition) is 7. The van der Waals surface area contributed by atoms with E-state index >= 15 is 0 Å². The number of carbonyl (C=O) groups is 1. The van der Waals surface area contributed by atoms with Crippen LogP contribution in [0.2, 0.25) is 0 Å². The Morgan fingerprint density at radius 3 is 2.87 bits per heavy atom. The number of allylic oxidation sites excluding steroid dienone is 1. The lowest BCUT2D eigenvalue weighted by Crippen LogP contribution is -2.39. The van der Waals surface area contributed by atoms with Gasteiger partial charge in [-0.15, -0.1) is 5.10 Å². The van der Waals surface area contributed by atoms with Gasteiger partial charge in [0, 0.05) is 18.7 Å². The van der Waals surface area contributed by atoms with Crippen LogP contribution in [0, 0.1) is 9.37 Å². The first-order valence-corrected chi connectivity index (χ1v) is 8.58. The maximum absolute atomic E-state index is 12.6. The number of nitrogens with two attached hydrogens (primary N) is 1. The molecule has 0 aromatic carbocycles. The van der Waals surface area contributed by atoms with Gasteiger partial charge in [-0.2, -0.15) is 0 Å². The lowest BCUT2D eigenvalue weighted by atomic mass is 9.90. The molecule has 1 fully saturated rings. The molecule has 1 saturated heterocycles. The second kappa shape index (κ2) is 7.08. The van der Waals surface area contributed by atoms with Gasteiger partial charge in [0.25, 0.3) is 0 Å². The van der Waals surface area contributed by atoms with Crippen molar-refractivity contribution in [3.8, 4) is 0 Å². The fraction of sp³-hybridized carbons (Fsp3) is 0.643. The van der Waals surface area contributed by atoms with Crippen molar-refractivity contribution in [2.24, 2.45) is 11.3 Å². The van der Waals surface area contributed by atoms with E-state index < -0.39 is 0 Å². The number of aromatic nitrogens is 2. The quantitative estimate of drug-likeness (QED) is 0.553. The summed E-state index contributed by atoms with van der Waals surface area (Å²) < 4.78 is 0.517. The molecule has 1 amide bonds. The number of H-pyrrole nitrogens is 1. The minimum Gasteiger partial charge on any atom is -0.361 e. The number of amides is 1. The number of aromatic amines is 1. The van der Waals surface area contributed by atoms with E-state index in [4.69, 9.17) is 23.0 Å². The highest BCUT2D eigenvalue weighted by atomic mass is 32.1. The molecular formula is C14H23N5O2S2. The standard InChI is InChI=1S/C14H23N5O2S2/c1-8(6-14(2,3)4)19-7-9(21-15)5-10(19)11(20)16-12-17-18-13(22)23-12/h9-10H,1,5-7,15H2,2-4H3,(H,18,22)(H,16,17,20)/t9?,10-/m0/s1. The number of hydrogen-bond donors (Lipinski definition) is 3. The van der Waals surface area contributed by atoms with E-state index in [2.05, 4.69) is 42.9 Å². The average Bonchev–Trinajstić information content (AvgIpc) is 3.03. The van der Waals surface area contributed by atoms with Crippen LogP contribution in [0.25, 0.3) is 0 Å². The zero-order chi connectivity index (χ0) is 17.2. The minimum atomic E-state index is -0.379. The van der Waals surface area contributed by atoms with Crippen LogP contribution < -0.4 is 11.2 Å². The molecule has 1 aliphatic rings. The SMILES string of the molecule is C=C(CC(C)(C)C)N1CC(ON)C[C@H]1C(=O)Nc1n[nH]c(=S)s1. The second-order valence-electron chi connectivity index (χ2n) is 6.87. The summed E-state index contributed by atoms with van der Waals surface area (Å²) in [6, 6.07) is -0.379. The molecule has 2 rings (SSSR count). The molecule has 4 N–H and O–H groups in total. The highest BCUT2D eigenvalue weighted by Crippen LogP contribution is 2.31. The van der Waals surface area contributed by atoms with E-state index in [0.29, 0.717) is 22.1 Å². The number of carbonyl (C=O) groups excluding carboxylic acids is 1. The Morgan fingerprint density at radius 2 is 2.35 bits per heavy atom. The molecule has 1 aromatic rings. The van der Waals surface area contributed by atoms with Crippen molar-refractivity contribution < 1.29 is 9.63 Å². The van der Waals surface area contributed by atoms with Gasteiger partial charge < -0.3 is 4.90 Å². The molecule has 23 heavy (non-hydrogen) atoms. The third-order valence-electron chi connectivity index (χ3n) is 3.57. The van der Waals surface area contributed by atoms with Crippen molar-refractivity contribution in [3.05, 3.63) is 16.2 Å². The third-order valence-corrected chi connectivity index (χ3v) is 4.57. The fourth-order valence-electron chi connectivity index (χ4n) is 2.68. The molecule has 0 aliphatic carbocycles. The van der Waals surface area contributed by atoms with Gasteiger partial charge in [-0.25, -0.2) is 5.90 Å². The second-order valence-corrected chi connectivity index (χ2v) is 8.54. The zero-order valence-corrected chi connectivity index (χ0v) is 15.2. The van der Waals surface area contributed by atoms with E-state index in [9.17, 15) is 4.79 Å². The Morgan fingerprint density at radius 1 is 1.65 bits per heavy atom. The van der Waals surface area contributed by atoms with Crippen molar-refractivity contribution in [2.45, 2.75) is 45.8 Å². The largest absolute Gasteiger partial charge is 0.361 e. The van der Waals surface area contributed by atoms with Gasteiger partial charge in [-0.3, -0.25) is 20.0 Å². The summed E-state index contributed by atoms with van der Waals surface area (Å²) in [4.78, 5) is 19.5. The summed E-state index contributed by atoms with van der Waals surface area (Å²) in [6.45, 7) is 11.1. The first kappa shape index (κ1) is 18.1. The minimum absolute atomic E-state index is 0.0846. The molecule has 1 unspecified atom stereocenters. The highest BCUT2D eigenvalue weighted by Gasteiger charge is 2.38. The number of nitrogens with zero attached hydrogens (tertiary/aromatic N) is 2. The first-order valence-electron chi connectivity index (χ1n) is 7.36. The van der Waals surface area contributed by atoms with Gasteiger partial charge in [-0.1, -0.05) is 38.7 Å². The molecular weight excluding hydrogens is 334 g/mol. The Hall–Kier alpha value is -1.29. The number of likely N-dealkylation sites (tertiary alicyclic amines) is 1. The van der Waals surface area contributed by atoms with Crippen molar-refractivity contribution in [1.82, 2.24) is 15.1 Å². The Labute approximate surface area is 144 Å². The van der Waals surface area contributed by atoms with Crippen LogP contribution in [0.5, 0.6) is 0 Å². The maximum atomic E-state index is 12.6. The van der Waals surface area contributed by atoms with Crippen molar-refractivity contribution >= 4 is 34.6 Å². The fourth-order valence-corrected chi connectivity index (χ4v) is 3.47. The van der Waals surface area contributed by atoms with Gasteiger partial charge in [0.15, 0.2) is 3.95 Å². The van der Waals surface area contributed by atoms with E-state index in [0.717, 1.165) is 12.1 Å². The lowest BCUT2D eigenvalue weighted by molar-refractivity contribution is -0.120. The molecule has 0 radical (unpaired) electrons. The Balaban J connectivity index is 2.11. The molecule has 0 spiro atoms. The Bertz CT molecular complexity index is 634. The summed E-state index contributed by atoms with van der Waals surface area (Å²) in [5.41, 5.74) is 0.994. The van der Waals surface area contributed by atoms with Crippen molar-refractivity contribution in [1.29, 1.82) is 0 Å². The monoisotopic (exact) mass is 357 g/mol. The van der Waals surface area contributed by atoms with Crippen molar-refractivity contribution in [2.75, 3.05) is 11.9 Å². The number of anilines is 1. The summed E-state index contributed by atoms with van der Waals surface area (Å²) in [7, 11) is 0. The normalized spacial score (nSPS) is 21.5. The number of rotatable bonds is 5. The molecule has 0 bridgehead atoms. The van der Waals surface area contributed by atoms with E-state index in [-0.39, 0.29) is 23.5 Å². The van der Waals surface area contributed by atoms with Gasteiger partial charge in [0.2, 0.25) is 11.0 Å². The molecule has 128 valence electrons. The predicted molar refractivity (Wildman–Crippen MR) is 93.3 cm³/mol. The molecule has 2 atom stereocenters. The molecule has 7 nitrogen and oxygen atoms in total. The van der Waals surface area contributed by atoms with Gasteiger partial charge in [0.05, 0.1) is 6.10 Å². The molecule has 1 aromatic heterocycles. The van der Waals surface area contributed by atoms with E-state index in [1.807, 2.05) is 4.90 Å². The maximum Gasteiger partial charge on any atom is 0.248 e. The highest BCUT2D eigenvalue weighted by molar-refractivity contribution is 7.73. The van der Waals surface area contributed by atoms with Crippen LogP contribution in [0.15, 0.2) is 12.3 Å². The topological polar surface area (TPSA) is 96.3 Å². The van der Waals surface area contributed by atoms with E-state index in [1.165, 1.54) is 11.3 Å². The predicted octanol–water partition coefficient (Wildman–Crippen LogP) is 2.42. The summed E-state index contributed by atoms with van der Waals surface area (Å²) in [5.74, 6) is 5.17. The number of nitrogens with one attached hydrogen (secondary N) is 2. The van der Waals surface area contributed by atoms with E-state index in [1.54, 1.807) is 0 Å². The van der Waals surface area contributed by atoms with Crippen LogP contribution in [-0.4, -0.2) is 39.7 Å². The van der Waals surface area contributed by atoms with Gasteiger partial charge in [-0.05, 0) is 24.1 Å². The zero-order valence-electron chi connectivity index (χ0n) is 13.6. The van der Waals surface area contributed by atoms with Crippen LogP contribution in [0.4, 0.5) is 5.13 Å². The van der Waals surface area contributed by atoms with Crippen LogP contribution >= 0.6 is 23.6 Å². The van der Waals surface area contributed by atoms with Gasteiger partial charge >= 0.3 is 0 Å². The summed E-state index contributed by atoms with van der Waals surface area (Å²) in [5, 5.41) is 9.84. The van der Waals surface area contributed by atoms with Crippen LogP contribution in [0.3, 0.4) is 0 Å². The molecule has 2 heterocycles. The van der Waals surface area contributed by atoms with Crippen molar-refractivity contribution in [3.63, 3.8) is 0 Å². The first-order chi connectivity index (χ1) is 10.7. The van der Waals surface area contributed by atoms with Crippen LogP contribution in [-0.2, 0) is 9.63 Å². The lowest BCUT2D eigenvalue weighted by Gasteiger charge is -2.31. The summed E-state index contributed by atoms with van der Waals surface area (Å²) in [6.07, 6.45) is 1.11. The molecule has 9 heteroatoms. The van der Waals surface area contributed by atoms with Gasteiger partial charge in [0.1, 0.15) is 6.04 Å². The summed E-state index contributed by atoms with van der Waals surface area (Å²) >= 11 is 6.19. The van der Waals surface area contributed by atoms with Crippen LogP contribution in [0.1, 0.15) is 33.6 Å².